The van der Waals surface area contributed by atoms with E-state index in [1.807, 2.05) is 13.0 Å². The van der Waals surface area contributed by atoms with Crippen molar-refractivity contribution in [1.82, 2.24) is 19.9 Å². The van der Waals surface area contributed by atoms with Gasteiger partial charge in [-0.15, -0.1) is 11.3 Å². The molecule has 2 aromatic heterocycles. The van der Waals surface area contributed by atoms with Crippen molar-refractivity contribution in [2.75, 3.05) is 38.1 Å². The number of nitrogens with zero attached hydrogens (tertiary/aromatic N) is 5. The van der Waals surface area contributed by atoms with Crippen molar-refractivity contribution in [1.29, 1.82) is 0 Å². The first-order valence-corrected chi connectivity index (χ1v) is 7.73. The molecule has 20 heavy (non-hydrogen) atoms. The molecule has 1 aliphatic heterocycles. The fraction of sp³-hybridized carbons (Fsp3) is 0.462. The molecule has 0 aliphatic carbocycles. The molecule has 0 N–H and O–H groups in total. The van der Waals surface area contributed by atoms with Crippen LogP contribution in [0.4, 0.5) is 5.82 Å². The summed E-state index contributed by atoms with van der Waals surface area (Å²) in [5.74, 6) is 1.62. The van der Waals surface area contributed by atoms with Gasteiger partial charge < -0.3 is 9.80 Å². The molecule has 0 aromatic carbocycles. The molecule has 0 amide bonds. The van der Waals surface area contributed by atoms with E-state index in [1.165, 1.54) is 11.3 Å². The molecule has 0 saturated carbocycles. The highest BCUT2D eigenvalue weighted by Gasteiger charge is 2.17. The Morgan fingerprint density at radius 2 is 1.95 bits per heavy atom. The summed E-state index contributed by atoms with van der Waals surface area (Å²) in [5, 5.41) is 0. The molecule has 2 aromatic rings. The van der Waals surface area contributed by atoms with Crippen molar-refractivity contribution < 1.29 is 0 Å². The van der Waals surface area contributed by atoms with Crippen LogP contribution in [0.15, 0.2) is 12.3 Å². The second-order valence-electron chi connectivity index (χ2n) is 4.90. The Hall–Kier alpha value is -1.24. The number of piperazine rings is 1. The van der Waals surface area contributed by atoms with Gasteiger partial charge in [-0.2, -0.15) is 0 Å². The Morgan fingerprint density at radius 1 is 1.20 bits per heavy atom. The summed E-state index contributed by atoms with van der Waals surface area (Å²) >= 11 is 7.42. The van der Waals surface area contributed by atoms with Gasteiger partial charge in [-0.1, -0.05) is 11.6 Å². The Balaban J connectivity index is 1.88. The second-order valence-corrected chi connectivity index (χ2v) is 6.69. The lowest BCUT2D eigenvalue weighted by molar-refractivity contribution is 0.312. The molecule has 0 radical (unpaired) electrons. The topological polar surface area (TPSA) is 45.2 Å². The number of halogens is 1. The highest BCUT2D eigenvalue weighted by atomic mass is 35.5. The molecule has 5 nitrogen and oxygen atoms in total. The number of likely N-dealkylation sites (N-methyl/N-ethyl adjacent to an activating group) is 1. The van der Waals surface area contributed by atoms with Gasteiger partial charge in [0.2, 0.25) is 0 Å². The van der Waals surface area contributed by atoms with E-state index in [-0.39, 0.29) is 0 Å². The summed E-state index contributed by atoms with van der Waals surface area (Å²) in [6, 6.07) is 1.96. The lowest BCUT2D eigenvalue weighted by Crippen LogP contribution is -2.44. The Morgan fingerprint density at radius 3 is 2.60 bits per heavy atom. The zero-order valence-electron chi connectivity index (χ0n) is 11.5. The Labute approximate surface area is 127 Å². The summed E-state index contributed by atoms with van der Waals surface area (Å²) in [6.07, 6.45) is 1.79. The standard InChI is InChI=1S/C13H16ClN5S/c1-9-11(17-13(14)20-9)12-15-4-3-10(16-12)19-7-5-18(2)6-8-19/h3-4H,5-8H2,1-2H3. The molecular weight excluding hydrogens is 294 g/mol. The summed E-state index contributed by atoms with van der Waals surface area (Å²) in [5.41, 5.74) is 0.788. The van der Waals surface area contributed by atoms with Crippen LogP contribution in [0.25, 0.3) is 11.5 Å². The number of hydrogen-bond donors (Lipinski definition) is 0. The van der Waals surface area contributed by atoms with Crippen LogP contribution in [0.5, 0.6) is 0 Å². The summed E-state index contributed by atoms with van der Waals surface area (Å²) in [7, 11) is 2.14. The molecule has 3 rings (SSSR count). The number of hydrogen-bond acceptors (Lipinski definition) is 6. The quantitative estimate of drug-likeness (QED) is 0.852. The number of anilines is 1. The number of aromatic nitrogens is 3. The first-order valence-electron chi connectivity index (χ1n) is 6.53. The van der Waals surface area contributed by atoms with Crippen molar-refractivity contribution in [2.45, 2.75) is 6.92 Å². The van der Waals surface area contributed by atoms with Crippen LogP contribution in [0.3, 0.4) is 0 Å². The number of thiazole rings is 1. The second kappa shape index (κ2) is 5.63. The van der Waals surface area contributed by atoms with Gasteiger partial charge in [0.1, 0.15) is 11.5 Å². The van der Waals surface area contributed by atoms with E-state index >= 15 is 0 Å². The summed E-state index contributed by atoms with van der Waals surface area (Å²) in [6.45, 7) is 6.08. The SMILES string of the molecule is Cc1sc(Cl)nc1-c1nccc(N2CCN(C)CC2)n1. The third-order valence-electron chi connectivity index (χ3n) is 3.45. The molecule has 0 unspecified atom stereocenters. The van der Waals surface area contributed by atoms with Gasteiger partial charge in [-0.25, -0.2) is 15.0 Å². The molecule has 0 spiro atoms. The van der Waals surface area contributed by atoms with Gasteiger partial charge in [-0.05, 0) is 20.0 Å². The summed E-state index contributed by atoms with van der Waals surface area (Å²) in [4.78, 5) is 18.9. The van der Waals surface area contributed by atoms with Crippen LogP contribution in [0.1, 0.15) is 4.88 Å². The maximum Gasteiger partial charge on any atom is 0.184 e. The van der Waals surface area contributed by atoms with Gasteiger partial charge >= 0.3 is 0 Å². The van der Waals surface area contributed by atoms with Crippen molar-refractivity contribution in [2.24, 2.45) is 0 Å². The third kappa shape index (κ3) is 2.77. The first kappa shape index (κ1) is 13.7. The van der Waals surface area contributed by atoms with Crippen LogP contribution < -0.4 is 4.90 Å². The molecule has 0 atom stereocenters. The van der Waals surface area contributed by atoms with Gasteiger partial charge in [-0.3, -0.25) is 0 Å². The number of rotatable bonds is 2. The molecule has 3 heterocycles. The molecular formula is C13H16ClN5S. The van der Waals surface area contributed by atoms with E-state index in [1.54, 1.807) is 6.20 Å². The molecule has 1 aliphatic rings. The molecule has 106 valence electrons. The number of aryl methyl sites for hydroxylation is 1. The van der Waals surface area contributed by atoms with Crippen molar-refractivity contribution in [3.8, 4) is 11.5 Å². The Kier molecular flexibility index (Phi) is 3.87. The molecule has 0 bridgehead atoms. The molecule has 1 saturated heterocycles. The lowest BCUT2D eigenvalue weighted by Gasteiger charge is -2.33. The average Bonchev–Trinajstić information content (AvgIpc) is 2.79. The van der Waals surface area contributed by atoms with E-state index < -0.39 is 0 Å². The minimum Gasteiger partial charge on any atom is -0.354 e. The van der Waals surface area contributed by atoms with Crippen LogP contribution in [-0.4, -0.2) is 53.1 Å². The van der Waals surface area contributed by atoms with Gasteiger partial charge in [0.15, 0.2) is 10.3 Å². The van der Waals surface area contributed by atoms with E-state index in [2.05, 4.69) is 31.8 Å². The molecule has 1 fully saturated rings. The third-order valence-corrected chi connectivity index (χ3v) is 4.53. The van der Waals surface area contributed by atoms with Crippen LogP contribution in [0, 0.1) is 6.92 Å². The summed E-state index contributed by atoms with van der Waals surface area (Å²) < 4.78 is 0.533. The van der Waals surface area contributed by atoms with E-state index in [9.17, 15) is 0 Å². The van der Waals surface area contributed by atoms with Crippen LogP contribution >= 0.6 is 22.9 Å². The average molecular weight is 310 g/mol. The predicted octanol–water partition coefficient (Wildman–Crippen LogP) is 2.31. The highest BCUT2D eigenvalue weighted by molar-refractivity contribution is 7.16. The minimum atomic E-state index is 0.533. The zero-order valence-corrected chi connectivity index (χ0v) is 13.1. The Bertz CT molecular complexity index is 607. The zero-order chi connectivity index (χ0) is 14.1. The predicted molar refractivity (Wildman–Crippen MR) is 82.6 cm³/mol. The normalized spacial score (nSPS) is 16.6. The van der Waals surface area contributed by atoms with E-state index in [0.29, 0.717) is 10.3 Å². The van der Waals surface area contributed by atoms with Gasteiger partial charge in [0.05, 0.1) is 0 Å². The van der Waals surface area contributed by atoms with Crippen LogP contribution in [0.2, 0.25) is 4.47 Å². The minimum absolute atomic E-state index is 0.533. The van der Waals surface area contributed by atoms with Crippen molar-refractivity contribution >= 4 is 28.8 Å². The van der Waals surface area contributed by atoms with Crippen LogP contribution in [-0.2, 0) is 0 Å². The smallest absolute Gasteiger partial charge is 0.184 e. The van der Waals surface area contributed by atoms with Crippen molar-refractivity contribution in [3.63, 3.8) is 0 Å². The lowest BCUT2D eigenvalue weighted by atomic mass is 10.3. The van der Waals surface area contributed by atoms with Gasteiger partial charge in [0, 0.05) is 37.3 Å². The monoisotopic (exact) mass is 309 g/mol. The maximum atomic E-state index is 5.96. The fourth-order valence-corrected chi connectivity index (χ4v) is 3.30. The molecule has 7 heteroatoms. The first-order chi connectivity index (χ1) is 9.63. The maximum absolute atomic E-state index is 5.96. The van der Waals surface area contributed by atoms with E-state index in [0.717, 1.165) is 42.6 Å². The largest absolute Gasteiger partial charge is 0.354 e. The fourth-order valence-electron chi connectivity index (χ4n) is 2.25. The van der Waals surface area contributed by atoms with Gasteiger partial charge in [0.25, 0.3) is 0 Å². The van der Waals surface area contributed by atoms with E-state index in [4.69, 9.17) is 11.6 Å². The van der Waals surface area contributed by atoms with Crippen molar-refractivity contribution in [3.05, 3.63) is 21.6 Å². The highest BCUT2D eigenvalue weighted by Crippen LogP contribution is 2.28.